The van der Waals surface area contributed by atoms with Crippen LogP contribution in [0.4, 0.5) is 0 Å². The van der Waals surface area contributed by atoms with Gasteiger partial charge in [-0.05, 0) is 41.3 Å². The van der Waals surface area contributed by atoms with E-state index < -0.39 is 0 Å². The second kappa shape index (κ2) is 6.89. The van der Waals surface area contributed by atoms with E-state index in [9.17, 15) is 0 Å². The Labute approximate surface area is 167 Å². The first-order valence-electron chi connectivity index (χ1n) is 9.69. The maximum absolute atomic E-state index is 5.76. The lowest BCUT2D eigenvalue weighted by atomic mass is 9.67. The minimum Gasteiger partial charge on any atom is -0.493 e. The van der Waals surface area contributed by atoms with Gasteiger partial charge < -0.3 is 18.9 Å². The summed E-state index contributed by atoms with van der Waals surface area (Å²) < 4.78 is 22.4. The van der Waals surface area contributed by atoms with Crippen LogP contribution in [-0.4, -0.2) is 39.9 Å². The maximum Gasteiger partial charge on any atom is 0.165 e. The molecule has 0 radical (unpaired) electrons. The normalized spacial score (nSPS) is 19.9. The molecule has 2 aromatic rings. The predicted octanol–water partition coefficient (Wildman–Crippen LogP) is 4.11. The molecular weight excluding hydrogens is 354 g/mol. The molecule has 0 aromatic heterocycles. The Bertz CT molecular complexity index is 906. The lowest BCUT2D eigenvalue weighted by molar-refractivity contribution is 0.0933. The van der Waals surface area contributed by atoms with Gasteiger partial charge in [0.25, 0.3) is 0 Å². The number of methoxy groups -OCH3 is 4. The van der Waals surface area contributed by atoms with E-state index in [0.29, 0.717) is 0 Å². The van der Waals surface area contributed by atoms with Crippen molar-refractivity contribution in [1.82, 2.24) is 4.90 Å². The minimum atomic E-state index is -0.0953. The molecule has 2 aromatic carbocycles. The number of fused-ring (bicyclic) bond motifs is 4. The average molecular weight is 383 g/mol. The molecule has 5 heteroatoms. The molecule has 2 heterocycles. The Kier molecular flexibility index (Phi) is 4.66. The average Bonchev–Trinajstić information content (AvgIpc) is 2.71. The van der Waals surface area contributed by atoms with Crippen molar-refractivity contribution < 1.29 is 18.9 Å². The van der Waals surface area contributed by atoms with Crippen LogP contribution in [0.25, 0.3) is 0 Å². The first kappa shape index (κ1) is 18.9. The van der Waals surface area contributed by atoms with E-state index in [4.69, 9.17) is 18.9 Å². The van der Waals surface area contributed by atoms with Crippen molar-refractivity contribution in [1.29, 1.82) is 0 Å². The van der Waals surface area contributed by atoms with Gasteiger partial charge in [0.2, 0.25) is 0 Å². The second-order valence-corrected chi connectivity index (χ2v) is 8.08. The van der Waals surface area contributed by atoms with Crippen molar-refractivity contribution in [2.75, 3.05) is 35.0 Å². The van der Waals surface area contributed by atoms with Gasteiger partial charge in [-0.15, -0.1) is 0 Å². The molecule has 150 valence electrons. The van der Waals surface area contributed by atoms with E-state index in [2.05, 4.69) is 36.9 Å². The number of rotatable bonds is 4. The highest BCUT2D eigenvalue weighted by Crippen LogP contribution is 2.53. The smallest absolute Gasteiger partial charge is 0.165 e. The van der Waals surface area contributed by atoms with Crippen LogP contribution < -0.4 is 18.9 Å². The fourth-order valence-corrected chi connectivity index (χ4v) is 5.12. The van der Waals surface area contributed by atoms with Gasteiger partial charge in [-0.3, -0.25) is 4.90 Å². The molecular formula is C23H29NO4. The third kappa shape index (κ3) is 2.64. The van der Waals surface area contributed by atoms with Gasteiger partial charge in [0, 0.05) is 30.1 Å². The van der Waals surface area contributed by atoms with Gasteiger partial charge >= 0.3 is 0 Å². The van der Waals surface area contributed by atoms with Gasteiger partial charge in [0.15, 0.2) is 23.0 Å². The maximum atomic E-state index is 5.76. The first-order chi connectivity index (χ1) is 13.5. The summed E-state index contributed by atoms with van der Waals surface area (Å²) >= 11 is 0. The van der Waals surface area contributed by atoms with Crippen molar-refractivity contribution in [2.45, 2.75) is 38.3 Å². The quantitative estimate of drug-likeness (QED) is 0.795. The van der Waals surface area contributed by atoms with Crippen LogP contribution in [0.3, 0.4) is 0 Å². The zero-order valence-corrected chi connectivity index (χ0v) is 17.6. The SMILES string of the molecule is COc1cc2c(cc1OC)C1N(CC2)Cc2c(ccc(OC)c2OC)C1(C)C. The van der Waals surface area contributed by atoms with Gasteiger partial charge in [-0.25, -0.2) is 0 Å². The number of nitrogens with zero attached hydrogens (tertiary/aromatic N) is 1. The van der Waals surface area contributed by atoms with Crippen LogP contribution in [0.5, 0.6) is 23.0 Å². The molecule has 1 unspecified atom stereocenters. The number of benzene rings is 2. The summed E-state index contributed by atoms with van der Waals surface area (Å²) in [6, 6.07) is 8.79. The molecule has 0 amide bonds. The number of hydrogen-bond donors (Lipinski definition) is 0. The Morgan fingerprint density at radius 3 is 2.21 bits per heavy atom. The van der Waals surface area contributed by atoms with E-state index in [0.717, 1.165) is 42.5 Å². The van der Waals surface area contributed by atoms with Crippen LogP contribution in [-0.2, 0) is 18.4 Å². The summed E-state index contributed by atoms with van der Waals surface area (Å²) in [6.07, 6.45) is 0.990. The van der Waals surface area contributed by atoms with Crippen LogP contribution in [0.2, 0.25) is 0 Å². The van der Waals surface area contributed by atoms with Gasteiger partial charge in [0.1, 0.15) is 0 Å². The molecule has 0 spiro atoms. The predicted molar refractivity (Wildman–Crippen MR) is 109 cm³/mol. The van der Waals surface area contributed by atoms with E-state index in [1.165, 1.54) is 22.3 Å². The monoisotopic (exact) mass is 383 g/mol. The fourth-order valence-electron chi connectivity index (χ4n) is 5.12. The summed E-state index contributed by atoms with van der Waals surface area (Å²) in [5.41, 5.74) is 5.12. The summed E-state index contributed by atoms with van der Waals surface area (Å²) in [5, 5.41) is 0. The molecule has 0 aliphatic carbocycles. The topological polar surface area (TPSA) is 40.2 Å². The highest BCUT2D eigenvalue weighted by molar-refractivity contribution is 5.57. The molecule has 4 rings (SSSR count). The zero-order valence-electron chi connectivity index (χ0n) is 17.6. The molecule has 2 aliphatic heterocycles. The summed E-state index contributed by atoms with van der Waals surface area (Å²) in [6.45, 7) is 6.48. The van der Waals surface area contributed by atoms with E-state index in [1.807, 2.05) is 6.07 Å². The molecule has 0 saturated carbocycles. The van der Waals surface area contributed by atoms with Crippen molar-refractivity contribution in [3.8, 4) is 23.0 Å². The number of ether oxygens (including phenoxy) is 4. The molecule has 28 heavy (non-hydrogen) atoms. The molecule has 5 nitrogen and oxygen atoms in total. The third-order valence-corrected chi connectivity index (χ3v) is 6.36. The Balaban J connectivity index is 1.89. The van der Waals surface area contributed by atoms with Gasteiger partial charge in [-0.2, -0.15) is 0 Å². The largest absolute Gasteiger partial charge is 0.493 e. The number of hydrogen-bond acceptors (Lipinski definition) is 5. The van der Waals surface area contributed by atoms with Gasteiger partial charge in [0.05, 0.1) is 28.4 Å². The Hall–Kier alpha value is -2.40. The molecule has 2 aliphatic rings. The van der Waals surface area contributed by atoms with Crippen molar-refractivity contribution in [2.24, 2.45) is 0 Å². The minimum absolute atomic E-state index is 0.0953. The highest BCUT2D eigenvalue weighted by Gasteiger charge is 2.46. The van der Waals surface area contributed by atoms with E-state index in [-0.39, 0.29) is 11.5 Å². The molecule has 0 N–H and O–H groups in total. The Morgan fingerprint density at radius 2 is 1.57 bits per heavy atom. The molecule has 1 atom stereocenters. The summed E-state index contributed by atoms with van der Waals surface area (Å²) in [5.74, 6) is 3.23. The van der Waals surface area contributed by atoms with Crippen LogP contribution in [0.1, 0.15) is 42.1 Å². The lowest BCUT2D eigenvalue weighted by Gasteiger charge is -2.51. The third-order valence-electron chi connectivity index (χ3n) is 6.36. The Morgan fingerprint density at radius 1 is 0.893 bits per heavy atom. The van der Waals surface area contributed by atoms with Crippen molar-refractivity contribution in [3.05, 3.63) is 46.5 Å². The van der Waals surface area contributed by atoms with E-state index >= 15 is 0 Å². The molecule has 0 saturated heterocycles. The van der Waals surface area contributed by atoms with Crippen LogP contribution in [0, 0.1) is 0 Å². The molecule has 0 bridgehead atoms. The molecule has 0 fully saturated rings. The summed E-state index contributed by atoms with van der Waals surface area (Å²) in [7, 11) is 6.81. The fraction of sp³-hybridized carbons (Fsp3) is 0.478. The van der Waals surface area contributed by atoms with Crippen LogP contribution in [0.15, 0.2) is 24.3 Å². The lowest BCUT2D eigenvalue weighted by Crippen LogP contribution is -2.48. The zero-order chi connectivity index (χ0) is 20.1. The van der Waals surface area contributed by atoms with E-state index in [1.54, 1.807) is 28.4 Å². The second-order valence-electron chi connectivity index (χ2n) is 8.08. The standard InChI is InChI=1S/C23H29NO4/c1-23(2)17-7-8-18(25-3)21(28-6)16(17)13-24-10-9-14-11-19(26-4)20(27-5)12-15(14)22(23)24/h7-8,11-12,22H,9-10,13H2,1-6H3. The first-order valence-corrected chi connectivity index (χ1v) is 9.69. The van der Waals surface area contributed by atoms with Crippen LogP contribution >= 0.6 is 0 Å². The van der Waals surface area contributed by atoms with Crippen molar-refractivity contribution in [3.63, 3.8) is 0 Å². The summed E-state index contributed by atoms with van der Waals surface area (Å²) in [4.78, 5) is 2.55. The van der Waals surface area contributed by atoms with Crippen molar-refractivity contribution >= 4 is 0 Å². The van der Waals surface area contributed by atoms with Gasteiger partial charge in [-0.1, -0.05) is 19.9 Å². The highest BCUT2D eigenvalue weighted by atomic mass is 16.5.